The smallest absolute Gasteiger partial charge is 0.000976 e. The molecule has 0 saturated carbocycles. The Morgan fingerprint density at radius 1 is 1.44 bits per heavy atom. The summed E-state index contributed by atoms with van der Waals surface area (Å²) in [7, 11) is 2.14. The molecular formula is C14H26N2. The molecule has 2 heteroatoms. The molecule has 0 aliphatic rings. The van der Waals surface area contributed by atoms with Crippen LogP contribution in [0, 0.1) is 5.92 Å². The molecule has 2 N–H and O–H groups in total. The van der Waals surface area contributed by atoms with Crippen molar-refractivity contribution in [2.75, 3.05) is 26.7 Å². The molecule has 1 unspecified atom stereocenters. The van der Waals surface area contributed by atoms with E-state index >= 15 is 0 Å². The van der Waals surface area contributed by atoms with Gasteiger partial charge in [-0.05, 0) is 45.4 Å². The van der Waals surface area contributed by atoms with Crippen molar-refractivity contribution in [1.82, 2.24) is 4.90 Å². The van der Waals surface area contributed by atoms with Crippen molar-refractivity contribution in [2.45, 2.75) is 19.8 Å². The number of nitrogens with zero attached hydrogens (tertiary/aromatic N) is 1. The van der Waals surface area contributed by atoms with E-state index in [9.17, 15) is 0 Å². The highest BCUT2D eigenvalue weighted by atomic mass is 15.1. The van der Waals surface area contributed by atoms with Crippen LogP contribution in [0.4, 0.5) is 0 Å². The molecule has 1 atom stereocenters. The third-order valence-electron chi connectivity index (χ3n) is 2.77. The topological polar surface area (TPSA) is 29.3 Å². The largest absolute Gasteiger partial charge is 0.330 e. The van der Waals surface area contributed by atoms with E-state index < -0.39 is 0 Å². The lowest BCUT2D eigenvalue weighted by molar-refractivity contribution is 0.312. The Kier molecular flexibility index (Phi) is 8.87. The minimum absolute atomic E-state index is 0.525. The molecule has 0 aliphatic heterocycles. The first-order valence-electron chi connectivity index (χ1n) is 5.98. The second-order valence-corrected chi connectivity index (χ2v) is 4.30. The van der Waals surface area contributed by atoms with Gasteiger partial charge in [-0.2, -0.15) is 0 Å². The second kappa shape index (κ2) is 9.37. The zero-order valence-corrected chi connectivity index (χ0v) is 10.8. The van der Waals surface area contributed by atoms with Crippen molar-refractivity contribution in [3.05, 3.63) is 37.0 Å². The Morgan fingerprint density at radius 2 is 2.12 bits per heavy atom. The van der Waals surface area contributed by atoms with E-state index in [1.54, 1.807) is 6.08 Å². The number of allylic oxidation sites excluding steroid dienone is 4. The SMILES string of the molecule is C=C/C=C\C(=C)C(C)CCN(C)CCCN. The summed E-state index contributed by atoms with van der Waals surface area (Å²) in [5, 5.41) is 0. The summed E-state index contributed by atoms with van der Waals surface area (Å²) in [5.41, 5.74) is 6.65. The fraction of sp³-hybridized carbons (Fsp3) is 0.571. The van der Waals surface area contributed by atoms with Crippen molar-refractivity contribution < 1.29 is 0 Å². The highest BCUT2D eigenvalue weighted by molar-refractivity contribution is 5.20. The fourth-order valence-electron chi connectivity index (χ4n) is 1.43. The number of hydrogen-bond donors (Lipinski definition) is 1. The van der Waals surface area contributed by atoms with Gasteiger partial charge in [0, 0.05) is 0 Å². The van der Waals surface area contributed by atoms with Crippen LogP contribution in [0.5, 0.6) is 0 Å². The van der Waals surface area contributed by atoms with Gasteiger partial charge in [0.15, 0.2) is 0 Å². The Balaban J connectivity index is 3.78. The molecule has 0 saturated heterocycles. The Labute approximate surface area is 101 Å². The third-order valence-corrected chi connectivity index (χ3v) is 2.77. The first kappa shape index (κ1) is 15.1. The maximum Gasteiger partial charge on any atom is -0.000976 e. The van der Waals surface area contributed by atoms with E-state index in [0.29, 0.717) is 5.92 Å². The maximum absolute atomic E-state index is 5.48. The summed E-state index contributed by atoms with van der Waals surface area (Å²) in [6.07, 6.45) is 7.98. The lowest BCUT2D eigenvalue weighted by Crippen LogP contribution is -2.24. The van der Waals surface area contributed by atoms with Crippen LogP contribution in [0.1, 0.15) is 19.8 Å². The van der Waals surface area contributed by atoms with Crippen LogP contribution in [-0.4, -0.2) is 31.6 Å². The molecule has 0 radical (unpaired) electrons. The normalized spacial score (nSPS) is 13.2. The average molecular weight is 222 g/mol. The van der Waals surface area contributed by atoms with Crippen molar-refractivity contribution >= 4 is 0 Å². The second-order valence-electron chi connectivity index (χ2n) is 4.30. The van der Waals surface area contributed by atoms with Crippen LogP contribution in [0.3, 0.4) is 0 Å². The lowest BCUT2D eigenvalue weighted by Gasteiger charge is -2.19. The fourth-order valence-corrected chi connectivity index (χ4v) is 1.43. The molecule has 0 bridgehead atoms. The van der Waals surface area contributed by atoms with E-state index in [-0.39, 0.29) is 0 Å². The van der Waals surface area contributed by atoms with Gasteiger partial charge in [0.05, 0.1) is 0 Å². The van der Waals surface area contributed by atoms with Crippen molar-refractivity contribution in [2.24, 2.45) is 11.7 Å². The summed E-state index contributed by atoms with van der Waals surface area (Å²) < 4.78 is 0. The summed E-state index contributed by atoms with van der Waals surface area (Å²) in [6, 6.07) is 0. The summed E-state index contributed by atoms with van der Waals surface area (Å²) in [4.78, 5) is 2.33. The zero-order valence-electron chi connectivity index (χ0n) is 10.8. The predicted octanol–water partition coefficient (Wildman–Crippen LogP) is 2.59. The molecule has 0 aromatic rings. The molecule has 0 aromatic heterocycles. The van der Waals surface area contributed by atoms with E-state index in [1.165, 1.54) is 5.57 Å². The number of rotatable bonds is 9. The monoisotopic (exact) mass is 222 g/mol. The zero-order chi connectivity index (χ0) is 12.4. The third kappa shape index (κ3) is 7.43. The van der Waals surface area contributed by atoms with Gasteiger partial charge in [0.25, 0.3) is 0 Å². The number of nitrogens with two attached hydrogens (primary N) is 1. The molecule has 0 rings (SSSR count). The summed E-state index contributed by atoms with van der Waals surface area (Å²) >= 11 is 0. The molecule has 0 fully saturated rings. The van der Waals surface area contributed by atoms with Crippen molar-refractivity contribution in [1.29, 1.82) is 0 Å². The lowest BCUT2D eigenvalue weighted by atomic mass is 9.98. The molecular weight excluding hydrogens is 196 g/mol. The maximum atomic E-state index is 5.48. The van der Waals surface area contributed by atoms with Crippen LogP contribution >= 0.6 is 0 Å². The van der Waals surface area contributed by atoms with Crippen LogP contribution in [-0.2, 0) is 0 Å². The van der Waals surface area contributed by atoms with Gasteiger partial charge in [-0.15, -0.1) is 0 Å². The van der Waals surface area contributed by atoms with Crippen molar-refractivity contribution in [3.8, 4) is 0 Å². The highest BCUT2D eigenvalue weighted by Gasteiger charge is 2.05. The molecule has 0 spiro atoms. The minimum atomic E-state index is 0.525. The van der Waals surface area contributed by atoms with E-state index in [0.717, 1.165) is 32.5 Å². The highest BCUT2D eigenvalue weighted by Crippen LogP contribution is 2.14. The standard InChI is InChI=1S/C14H26N2/c1-5-6-8-13(2)14(3)9-12-16(4)11-7-10-15/h5-6,8,14H,1-2,7,9-12,15H2,3-4H3/b8-6-. The van der Waals surface area contributed by atoms with Gasteiger partial charge < -0.3 is 10.6 Å². The van der Waals surface area contributed by atoms with Gasteiger partial charge in [0.1, 0.15) is 0 Å². The molecule has 0 aromatic carbocycles. The summed E-state index contributed by atoms with van der Waals surface area (Å²) in [5.74, 6) is 0.525. The van der Waals surface area contributed by atoms with E-state index in [4.69, 9.17) is 5.73 Å². The molecule has 2 nitrogen and oxygen atoms in total. The van der Waals surface area contributed by atoms with Crippen LogP contribution in [0.25, 0.3) is 0 Å². The first-order valence-corrected chi connectivity index (χ1v) is 5.98. The van der Waals surface area contributed by atoms with E-state index in [1.807, 2.05) is 12.2 Å². The van der Waals surface area contributed by atoms with Gasteiger partial charge in [-0.25, -0.2) is 0 Å². The van der Waals surface area contributed by atoms with Crippen molar-refractivity contribution in [3.63, 3.8) is 0 Å². The quantitative estimate of drug-likeness (QED) is 0.608. The van der Waals surface area contributed by atoms with Gasteiger partial charge in [0.2, 0.25) is 0 Å². The number of hydrogen-bond acceptors (Lipinski definition) is 2. The average Bonchev–Trinajstić information content (AvgIpc) is 2.30. The van der Waals surface area contributed by atoms with E-state index in [2.05, 4.69) is 32.0 Å². The summed E-state index contributed by atoms with van der Waals surface area (Å²) in [6.45, 7) is 12.9. The molecule has 0 heterocycles. The Morgan fingerprint density at radius 3 is 2.69 bits per heavy atom. The minimum Gasteiger partial charge on any atom is -0.330 e. The Hall–Kier alpha value is -0.860. The van der Waals surface area contributed by atoms with Gasteiger partial charge in [-0.1, -0.05) is 43.9 Å². The van der Waals surface area contributed by atoms with Gasteiger partial charge in [-0.3, -0.25) is 0 Å². The molecule has 0 aliphatic carbocycles. The Bertz CT molecular complexity index is 231. The van der Waals surface area contributed by atoms with Crippen LogP contribution in [0.15, 0.2) is 37.0 Å². The molecule has 92 valence electrons. The first-order chi connectivity index (χ1) is 7.61. The molecule has 0 amide bonds. The van der Waals surface area contributed by atoms with Crippen LogP contribution in [0.2, 0.25) is 0 Å². The van der Waals surface area contributed by atoms with Crippen LogP contribution < -0.4 is 5.73 Å². The predicted molar refractivity (Wildman–Crippen MR) is 73.4 cm³/mol. The van der Waals surface area contributed by atoms with Gasteiger partial charge >= 0.3 is 0 Å². The molecule has 16 heavy (non-hydrogen) atoms.